The van der Waals surface area contributed by atoms with Crippen LogP contribution in [0, 0.1) is 11.3 Å². The quantitative estimate of drug-likeness (QED) is 0.614. The van der Waals surface area contributed by atoms with Gasteiger partial charge in [0.25, 0.3) is 5.91 Å². The molecule has 0 atom stereocenters. The Balaban J connectivity index is 1.44. The van der Waals surface area contributed by atoms with E-state index in [0.717, 1.165) is 16.1 Å². The molecule has 0 unspecified atom stereocenters. The Morgan fingerprint density at radius 2 is 2.00 bits per heavy atom. The number of hydrogen-bond donors (Lipinski definition) is 1. The van der Waals surface area contributed by atoms with Crippen molar-refractivity contribution in [3.8, 4) is 16.6 Å². The number of aromatic nitrogens is 1. The molecule has 0 fully saturated rings. The number of amides is 1. The highest BCUT2D eigenvalue weighted by atomic mass is 32.1. The number of rotatable bonds is 7. The third kappa shape index (κ3) is 5.48. The fourth-order valence-corrected chi connectivity index (χ4v) is 3.78. The molecule has 0 aliphatic rings. The maximum Gasteiger partial charge on any atom is 0.312 e. The Labute approximate surface area is 164 Å². The van der Waals surface area contributed by atoms with Crippen LogP contribution < -0.4 is 5.32 Å². The van der Waals surface area contributed by atoms with E-state index in [1.807, 2.05) is 22.2 Å². The summed E-state index contributed by atoms with van der Waals surface area (Å²) in [6, 6.07) is 11.0. The number of nitriles is 1. The van der Waals surface area contributed by atoms with E-state index < -0.39 is 11.9 Å². The SMILES string of the molecule is N#CCc1ccc(NC(=O)COC(=O)Cc2csc(-c3ccsc3)n2)cc1. The molecule has 1 N–H and O–H groups in total. The van der Waals surface area contributed by atoms with Crippen LogP contribution in [0.2, 0.25) is 0 Å². The summed E-state index contributed by atoms with van der Waals surface area (Å²) in [7, 11) is 0. The van der Waals surface area contributed by atoms with Gasteiger partial charge in [-0.25, -0.2) is 4.98 Å². The molecule has 0 saturated carbocycles. The summed E-state index contributed by atoms with van der Waals surface area (Å²) in [4.78, 5) is 28.2. The minimum atomic E-state index is -0.503. The van der Waals surface area contributed by atoms with Crippen molar-refractivity contribution in [2.24, 2.45) is 0 Å². The molecule has 3 rings (SSSR count). The zero-order valence-corrected chi connectivity index (χ0v) is 15.8. The van der Waals surface area contributed by atoms with Crippen LogP contribution in [0.4, 0.5) is 5.69 Å². The Kier molecular flexibility index (Phi) is 6.30. The highest BCUT2D eigenvalue weighted by molar-refractivity contribution is 7.14. The second-order valence-electron chi connectivity index (χ2n) is 5.57. The van der Waals surface area contributed by atoms with E-state index in [4.69, 9.17) is 10.00 Å². The van der Waals surface area contributed by atoms with Gasteiger partial charge in [0.2, 0.25) is 0 Å². The molecular weight excluding hydrogens is 382 g/mol. The molecule has 27 heavy (non-hydrogen) atoms. The summed E-state index contributed by atoms with van der Waals surface area (Å²) < 4.78 is 5.01. The number of hydrogen-bond acceptors (Lipinski definition) is 7. The van der Waals surface area contributed by atoms with E-state index >= 15 is 0 Å². The first kappa shape index (κ1) is 18.8. The van der Waals surface area contributed by atoms with Gasteiger partial charge in [0.1, 0.15) is 5.01 Å². The number of esters is 1. The third-order valence-electron chi connectivity index (χ3n) is 3.53. The van der Waals surface area contributed by atoms with E-state index in [1.54, 1.807) is 35.6 Å². The van der Waals surface area contributed by atoms with Crippen LogP contribution in [0.25, 0.3) is 10.6 Å². The summed E-state index contributed by atoms with van der Waals surface area (Å²) >= 11 is 3.06. The van der Waals surface area contributed by atoms with Crippen molar-refractivity contribution in [2.75, 3.05) is 11.9 Å². The van der Waals surface area contributed by atoms with Crippen molar-refractivity contribution < 1.29 is 14.3 Å². The zero-order chi connectivity index (χ0) is 19.1. The fraction of sp³-hybridized carbons (Fsp3) is 0.158. The average Bonchev–Trinajstić information content (AvgIpc) is 3.33. The monoisotopic (exact) mass is 397 g/mol. The number of thiazole rings is 1. The number of carbonyl (C=O) groups is 2. The number of carbonyl (C=O) groups excluding carboxylic acids is 2. The van der Waals surface area contributed by atoms with Gasteiger partial charge in [-0.05, 0) is 29.1 Å². The van der Waals surface area contributed by atoms with Crippen LogP contribution in [-0.4, -0.2) is 23.5 Å². The minimum absolute atomic E-state index is 0.0246. The molecule has 0 aliphatic carbocycles. The van der Waals surface area contributed by atoms with Gasteiger partial charge < -0.3 is 10.1 Å². The standard InChI is InChI=1S/C19H15N3O3S2/c20-7-5-13-1-3-15(4-2-13)21-17(23)10-25-18(24)9-16-12-27-19(22-16)14-6-8-26-11-14/h1-4,6,8,11-12H,5,9-10H2,(H,21,23). The summed E-state index contributed by atoms with van der Waals surface area (Å²) in [6.07, 6.45) is 0.341. The van der Waals surface area contributed by atoms with Gasteiger partial charge in [0, 0.05) is 22.0 Å². The highest BCUT2D eigenvalue weighted by Gasteiger charge is 2.12. The van der Waals surface area contributed by atoms with E-state index in [2.05, 4.69) is 16.4 Å². The van der Waals surface area contributed by atoms with Crippen LogP contribution >= 0.6 is 22.7 Å². The second kappa shape index (κ2) is 9.07. The number of nitrogens with one attached hydrogen (secondary N) is 1. The molecule has 2 aromatic heterocycles. The lowest BCUT2D eigenvalue weighted by molar-refractivity contribution is -0.146. The summed E-state index contributed by atoms with van der Waals surface area (Å²) in [6.45, 7) is -0.361. The van der Waals surface area contributed by atoms with E-state index in [-0.39, 0.29) is 13.0 Å². The summed E-state index contributed by atoms with van der Waals surface area (Å²) in [5, 5.41) is 17.9. The van der Waals surface area contributed by atoms with Crippen LogP contribution in [0.1, 0.15) is 11.3 Å². The molecule has 0 spiro atoms. The van der Waals surface area contributed by atoms with E-state index in [1.165, 1.54) is 11.3 Å². The van der Waals surface area contributed by atoms with Crippen LogP contribution in [0.15, 0.2) is 46.5 Å². The van der Waals surface area contributed by atoms with Gasteiger partial charge in [-0.2, -0.15) is 16.6 Å². The van der Waals surface area contributed by atoms with Gasteiger partial charge in [-0.1, -0.05) is 12.1 Å². The molecule has 6 nitrogen and oxygen atoms in total. The van der Waals surface area contributed by atoms with Gasteiger partial charge in [0.15, 0.2) is 6.61 Å². The lowest BCUT2D eigenvalue weighted by atomic mass is 10.1. The normalized spacial score (nSPS) is 10.2. The lowest BCUT2D eigenvalue weighted by Gasteiger charge is -2.06. The Morgan fingerprint density at radius 3 is 2.70 bits per heavy atom. The van der Waals surface area contributed by atoms with Crippen molar-refractivity contribution in [3.05, 3.63) is 57.7 Å². The molecule has 8 heteroatoms. The van der Waals surface area contributed by atoms with Gasteiger partial charge >= 0.3 is 5.97 Å². The minimum Gasteiger partial charge on any atom is -0.455 e. The highest BCUT2D eigenvalue weighted by Crippen LogP contribution is 2.25. The largest absolute Gasteiger partial charge is 0.455 e. The molecule has 136 valence electrons. The molecule has 0 saturated heterocycles. The summed E-state index contributed by atoms with van der Waals surface area (Å²) in [5.74, 6) is -0.926. The average molecular weight is 397 g/mol. The molecule has 3 aromatic rings. The first-order valence-electron chi connectivity index (χ1n) is 8.02. The van der Waals surface area contributed by atoms with Crippen molar-refractivity contribution in [1.82, 2.24) is 4.98 Å². The lowest BCUT2D eigenvalue weighted by Crippen LogP contribution is -2.21. The number of ether oxygens (including phenoxy) is 1. The Bertz CT molecular complexity index is 957. The first-order chi connectivity index (χ1) is 13.1. The van der Waals surface area contributed by atoms with Crippen LogP contribution in [0.5, 0.6) is 0 Å². The van der Waals surface area contributed by atoms with Gasteiger partial charge in [-0.3, -0.25) is 9.59 Å². The number of nitrogens with zero attached hydrogens (tertiary/aromatic N) is 2. The predicted molar refractivity (Wildman–Crippen MR) is 104 cm³/mol. The third-order valence-corrected chi connectivity index (χ3v) is 5.15. The summed E-state index contributed by atoms with van der Waals surface area (Å²) in [5.41, 5.74) is 3.11. The van der Waals surface area contributed by atoms with Crippen molar-refractivity contribution in [2.45, 2.75) is 12.8 Å². The molecule has 0 aliphatic heterocycles. The molecule has 1 aromatic carbocycles. The van der Waals surface area contributed by atoms with Gasteiger partial charge in [0.05, 0.1) is 24.6 Å². The second-order valence-corrected chi connectivity index (χ2v) is 7.21. The maximum atomic E-state index is 11.9. The molecule has 0 radical (unpaired) electrons. The number of benzene rings is 1. The number of anilines is 1. The van der Waals surface area contributed by atoms with Crippen LogP contribution in [-0.2, 0) is 27.2 Å². The van der Waals surface area contributed by atoms with Crippen molar-refractivity contribution in [1.29, 1.82) is 5.26 Å². The molecule has 0 bridgehead atoms. The molecular formula is C19H15N3O3S2. The fourth-order valence-electron chi connectivity index (χ4n) is 2.25. The smallest absolute Gasteiger partial charge is 0.312 e. The van der Waals surface area contributed by atoms with E-state index in [9.17, 15) is 9.59 Å². The van der Waals surface area contributed by atoms with Crippen molar-refractivity contribution in [3.63, 3.8) is 0 Å². The molecule has 1 amide bonds. The zero-order valence-electron chi connectivity index (χ0n) is 14.2. The van der Waals surface area contributed by atoms with E-state index in [0.29, 0.717) is 17.8 Å². The van der Waals surface area contributed by atoms with Crippen molar-refractivity contribution >= 4 is 40.2 Å². The first-order valence-corrected chi connectivity index (χ1v) is 9.84. The topological polar surface area (TPSA) is 92.1 Å². The predicted octanol–water partition coefficient (Wildman–Crippen LogP) is 3.66. The Morgan fingerprint density at radius 1 is 1.19 bits per heavy atom. The Hall–Kier alpha value is -3.02. The number of thiophene rings is 1. The maximum absolute atomic E-state index is 11.9. The van der Waals surface area contributed by atoms with Gasteiger partial charge in [-0.15, -0.1) is 11.3 Å². The van der Waals surface area contributed by atoms with Crippen LogP contribution in [0.3, 0.4) is 0 Å². The molecule has 2 heterocycles.